The summed E-state index contributed by atoms with van der Waals surface area (Å²) in [5.41, 5.74) is 0.558. The van der Waals surface area contributed by atoms with Crippen LogP contribution in [0.3, 0.4) is 0 Å². The van der Waals surface area contributed by atoms with Gasteiger partial charge in [0.15, 0.2) is 0 Å². The van der Waals surface area contributed by atoms with Crippen LogP contribution < -0.4 is 0 Å². The van der Waals surface area contributed by atoms with Crippen molar-refractivity contribution in [3.8, 4) is 0 Å². The number of carbonyl (C=O) groups is 1. The largest absolute Gasteiger partial charge is 0.284 e. The van der Waals surface area contributed by atoms with Gasteiger partial charge < -0.3 is 0 Å². The third-order valence-electron chi connectivity index (χ3n) is 1.68. The van der Waals surface area contributed by atoms with E-state index >= 15 is 0 Å². The molecule has 0 aliphatic carbocycles. The summed E-state index contributed by atoms with van der Waals surface area (Å²) in [4.78, 5) is 11.5. The highest BCUT2D eigenvalue weighted by Gasteiger charge is 2.23. The van der Waals surface area contributed by atoms with Crippen molar-refractivity contribution in [3.63, 3.8) is 0 Å². The number of carbonyl (C=O) groups excluding carboxylic acids is 1. The predicted octanol–water partition coefficient (Wildman–Crippen LogP) is -0.0509. The molecule has 1 aliphatic rings. The van der Waals surface area contributed by atoms with Crippen LogP contribution in [0.15, 0.2) is 15.5 Å². The van der Waals surface area contributed by atoms with E-state index in [-0.39, 0.29) is 12.3 Å². The molecule has 5 nitrogen and oxygen atoms in total. The summed E-state index contributed by atoms with van der Waals surface area (Å²) in [7, 11) is -2.52. The fourth-order valence-corrected chi connectivity index (χ4v) is 2.56. The molecule has 1 amide bonds. The molecule has 1 unspecified atom stereocenters. The minimum atomic E-state index is -2.52. The van der Waals surface area contributed by atoms with Crippen molar-refractivity contribution in [2.24, 2.45) is 4.36 Å². The average molecular weight is 185 g/mol. The lowest BCUT2D eigenvalue weighted by atomic mass is 10.3. The lowest BCUT2D eigenvalue weighted by Crippen LogP contribution is -2.13. The molecule has 0 spiro atoms. The Bertz CT molecular complexity index is 453. The molecule has 0 fully saturated rings. The van der Waals surface area contributed by atoms with Crippen molar-refractivity contribution < 1.29 is 9.00 Å². The molecule has 6 heteroatoms. The molecule has 0 saturated heterocycles. The number of aromatic amines is 1. The Hall–Kier alpha value is -1.17. The van der Waals surface area contributed by atoms with Gasteiger partial charge in [0.1, 0.15) is 0 Å². The zero-order chi connectivity index (χ0) is 8.77. The highest BCUT2D eigenvalue weighted by molar-refractivity contribution is 7.93. The van der Waals surface area contributed by atoms with Gasteiger partial charge in [0.05, 0.1) is 26.7 Å². The Morgan fingerprint density at radius 1 is 1.67 bits per heavy atom. The fraction of sp³-hybridized carbons (Fsp3) is 0.333. The number of nitrogens with one attached hydrogen (secondary N) is 1. The van der Waals surface area contributed by atoms with E-state index in [2.05, 4.69) is 14.6 Å². The van der Waals surface area contributed by atoms with Crippen LogP contribution in [-0.4, -0.2) is 26.6 Å². The highest BCUT2D eigenvalue weighted by atomic mass is 32.2. The van der Waals surface area contributed by atoms with Crippen molar-refractivity contribution in [2.75, 3.05) is 6.26 Å². The summed E-state index contributed by atoms with van der Waals surface area (Å²) in [6.07, 6.45) is 3.13. The summed E-state index contributed by atoms with van der Waals surface area (Å²) >= 11 is 0. The first-order chi connectivity index (χ1) is 5.59. The number of fused-ring (bicyclic) bond motifs is 1. The lowest BCUT2D eigenvalue weighted by Gasteiger charge is -2.07. The summed E-state index contributed by atoms with van der Waals surface area (Å²) in [6.45, 7) is 0. The van der Waals surface area contributed by atoms with E-state index in [0.29, 0.717) is 10.6 Å². The second-order valence-corrected chi connectivity index (χ2v) is 4.89. The highest BCUT2D eigenvalue weighted by Crippen LogP contribution is 2.20. The third kappa shape index (κ3) is 0.953. The number of hydrogen-bond donors (Lipinski definition) is 1. The molecule has 2 rings (SSSR count). The normalized spacial score (nSPS) is 27.9. The molecule has 0 saturated carbocycles. The summed E-state index contributed by atoms with van der Waals surface area (Å²) < 4.78 is 15.2. The second kappa shape index (κ2) is 2.16. The molecule has 1 N–H and O–H groups in total. The minimum Gasteiger partial charge on any atom is -0.284 e. The van der Waals surface area contributed by atoms with Gasteiger partial charge in [0.25, 0.3) is 5.91 Å². The van der Waals surface area contributed by atoms with Gasteiger partial charge in [-0.15, -0.1) is 0 Å². The van der Waals surface area contributed by atoms with Gasteiger partial charge in [0.2, 0.25) is 0 Å². The third-order valence-corrected chi connectivity index (χ3v) is 3.40. The number of H-pyrrole nitrogens is 1. The van der Waals surface area contributed by atoms with E-state index in [0.717, 1.165) is 0 Å². The van der Waals surface area contributed by atoms with Crippen LogP contribution >= 0.6 is 0 Å². The molecule has 1 aromatic rings. The molecule has 0 radical (unpaired) electrons. The SMILES string of the molecule is CS1(=O)=NC(=O)Cc2n[nH]cc21. The molecule has 1 atom stereocenters. The Morgan fingerprint density at radius 3 is 3.17 bits per heavy atom. The first-order valence-electron chi connectivity index (χ1n) is 3.37. The Kier molecular flexibility index (Phi) is 1.35. The van der Waals surface area contributed by atoms with Crippen molar-refractivity contribution in [1.82, 2.24) is 10.2 Å². The quantitative estimate of drug-likeness (QED) is 0.615. The predicted molar refractivity (Wildman–Crippen MR) is 42.1 cm³/mol. The van der Waals surface area contributed by atoms with E-state index < -0.39 is 9.73 Å². The average Bonchev–Trinajstić information content (AvgIpc) is 2.32. The van der Waals surface area contributed by atoms with Gasteiger partial charge in [-0.3, -0.25) is 9.89 Å². The Balaban J connectivity index is 2.77. The first kappa shape index (κ1) is 7.48. The Morgan fingerprint density at radius 2 is 2.42 bits per heavy atom. The number of hydrogen-bond acceptors (Lipinski definition) is 3. The van der Waals surface area contributed by atoms with Gasteiger partial charge in [-0.1, -0.05) is 0 Å². The molecule has 64 valence electrons. The zero-order valence-electron chi connectivity index (χ0n) is 6.40. The van der Waals surface area contributed by atoms with Gasteiger partial charge in [0, 0.05) is 12.5 Å². The first-order valence-corrected chi connectivity index (χ1v) is 5.29. The van der Waals surface area contributed by atoms with Gasteiger partial charge in [-0.25, -0.2) is 4.21 Å². The van der Waals surface area contributed by atoms with E-state index in [4.69, 9.17) is 0 Å². The maximum Gasteiger partial charge on any atom is 0.260 e. The van der Waals surface area contributed by atoms with Crippen LogP contribution in [0.25, 0.3) is 0 Å². The molecule has 1 aromatic heterocycles. The van der Waals surface area contributed by atoms with Crippen LogP contribution in [0.1, 0.15) is 5.69 Å². The van der Waals surface area contributed by atoms with Crippen molar-refractivity contribution in [1.29, 1.82) is 0 Å². The minimum absolute atomic E-state index is 0.156. The van der Waals surface area contributed by atoms with Gasteiger partial charge >= 0.3 is 0 Å². The summed E-state index contributed by atoms with van der Waals surface area (Å²) in [5, 5.41) is 6.39. The fourth-order valence-electron chi connectivity index (χ4n) is 1.18. The topological polar surface area (TPSA) is 75.2 Å². The molecule has 0 bridgehead atoms. The lowest BCUT2D eigenvalue weighted by molar-refractivity contribution is -0.117. The summed E-state index contributed by atoms with van der Waals surface area (Å²) in [5.74, 6) is -0.359. The second-order valence-electron chi connectivity index (χ2n) is 2.66. The number of rotatable bonds is 0. The molecular formula is C6H7N3O2S. The van der Waals surface area contributed by atoms with E-state index in [1.807, 2.05) is 0 Å². The van der Waals surface area contributed by atoms with Crippen LogP contribution in [0.2, 0.25) is 0 Å². The van der Waals surface area contributed by atoms with Crippen molar-refractivity contribution in [3.05, 3.63) is 11.9 Å². The van der Waals surface area contributed by atoms with Gasteiger partial charge in [-0.05, 0) is 0 Å². The zero-order valence-corrected chi connectivity index (χ0v) is 7.22. The van der Waals surface area contributed by atoms with Crippen molar-refractivity contribution in [2.45, 2.75) is 11.3 Å². The standard InChI is InChI=1S/C6H7N3O2S/c1-12(11)5-3-7-8-4(5)2-6(10)9-12/h3H,2H2,1H3,(H,7,8). The van der Waals surface area contributed by atoms with E-state index in [1.165, 1.54) is 12.5 Å². The number of amides is 1. The maximum atomic E-state index is 11.7. The van der Waals surface area contributed by atoms with E-state index in [1.54, 1.807) is 0 Å². The van der Waals surface area contributed by atoms with Gasteiger partial charge in [-0.2, -0.15) is 9.46 Å². The molecule has 0 aromatic carbocycles. The summed E-state index contributed by atoms with van der Waals surface area (Å²) in [6, 6.07) is 0. The van der Waals surface area contributed by atoms with Crippen LogP contribution in [0.5, 0.6) is 0 Å². The van der Waals surface area contributed by atoms with Crippen molar-refractivity contribution >= 4 is 15.6 Å². The smallest absolute Gasteiger partial charge is 0.260 e. The number of aromatic nitrogens is 2. The number of nitrogens with zero attached hydrogens (tertiary/aromatic N) is 2. The monoisotopic (exact) mass is 185 g/mol. The molecule has 12 heavy (non-hydrogen) atoms. The maximum absolute atomic E-state index is 11.7. The van der Waals surface area contributed by atoms with Crippen LogP contribution in [0, 0.1) is 0 Å². The molecular weight excluding hydrogens is 178 g/mol. The molecule has 1 aliphatic heterocycles. The van der Waals surface area contributed by atoms with Crippen LogP contribution in [0.4, 0.5) is 0 Å². The molecule has 2 heterocycles. The van der Waals surface area contributed by atoms with E-state index in [9.17, 15) is 9.00 Å². The van der Waals surface area contributed by atoms with Crippen LogP contribution in [-0.2, 0) is 20.9 Å². The Labute approximate surface area is 69.4 Å².